The van der Waals surface area contributed by atoms with Crippen LogP contribution in [0.15, 0.2) is 60.7 Å². The number of amides is 1. The molecule has 2 aromatic carbocycles. The zero-order valence-electron chi connectivity index (χ0n) is 18.0. The molecular formula is C24H21F3N4O2. The van der Waals surface area contributed by atoms with Gasteiger partial charge in [-0.25, -0.2) is 4.68 Å². The summed E-state index contributed by atoms with van der Waals surface area (Å²) in [7, 11) is 1.51. The fourth-order valence-electron chi connectivity index (χ4n) is 3.51. The van der Waals surface area contributed by atoms with Gasteiger partial charge in [-0.3, -0.25) is 4.79 Å². The molecule has 2 aromatic heterocycles. The number of carbonyl (C=O) groups excluding carboxylic acids is 1. The molecule has 0 bridgehead atoms. The van der Waals surface area contributed by atoms with E-state index in [1.54, 1.807) is 30.3 Å². The highest BCUT2D eigenvalue weighted by Gasteiger charge is 2.36. The number of rotatable bonds is 6. The first kappa shape index (κ1) is 22.3. The molecule has 9 heteroatoms. The maximum atomic E-state index is 13.9. The Bertz CT molecular complexity index is 1300. The molecule has 0 aliphatic heterocycles. The maximum Gasteiger partial charge on any atom is 0.417 e. The molecule has 0 aliphatic carbocycles. The number of aryl methyl sites for hydroxylation is 2. The van der Waals surface area contributed by atoms with Gasteiger partial charge < -0.3 is 10.1 Å². The monoisotopic (exact) mass is 454 g/mol. The van der Waals surface area contributed by atoms with E-state index in [2.05, 4.69) is 15.4 Å². The van der Waals surface area contributed by atoms with E-state index in [1.807, 2.05) is 31.2 Å². The van der Waals surface area contributed by atoms with E-state index in [0.29, 0.717) is 5.56 Å². The Morgan fingerprint density at radius 3 is 2.48 bits per heavy atom. The summed E-state index contributed by atoms with van der Waals surface area (Å²) in [6.07, 6.45) is -4.67. The molecule has 1 amide bonds. The van der Waals surface area contributed by atoms with Gasteiger partial charge >= 0.3 is 6.18 Å². The molecule has 0 aliphatic rings. The quantitative estimate of drug-likeness (QED) is 0.460. The summed E-state index contributed by atoms with van der Waals surface area (Å²) in [5.74, 6) is -0.771. The van der Waals surface area contributed by atoms with Crippen LogP contribution in [0.5, 0.6) is 5.88 Å². The van der Waals surface area contributed by atoms with Gasteiger partial charge in [-0.2, -0.15) is 23.3 Å². The van der Waals surface area contributed by atoms with Gasteiger partial charge in [-0.1, -0.05) is 54.6 Å². The maximum absolute atomic E-state index is 13.9. The second kappa shape index (κ2) is 8.93. The number of ether oxygens (including phenoxy) is 1. The molecule has 0 saturated carbocycles. The van der Waals surface area contributed by atoms with Crippen LogP contribution in [0.1, 0.15) is 16.7 Å². The second-order valence-electron chi connectivity index (χ2n) is 7.53. The summed E-state index contributed by atoms with van der Waals surface area (Å²) in [6, 6.07) is 17.0. The minimum atomic E-state index is -4.67. The van der Waals surface area contributed by atoms with E-state index in [0.717, 1.165) is 17.2 Å². The van der Waals surface area contributed by atoms with Crippen LogP contribution >= 0.6 is 0 Å². The molecule has 0 spiro atoms. The smallest absolute Gasteiger partial charge is 0.417 e. The summed E-state index contributed by atoms with van der Waals surface area (Å²) >= 11 is 0. The van der Waals surface area contributed by atoms with Crippen LogP contribution in [0.3, 0.4) is 0 Å². The lowest BCUT2D eigenvalue weighted by Gasteiger charge is -2.12. The number of nitrogens with one attached hydrogen (secondary N) is 1. The summed E-state index contributed by atoms with van der Waals surface area (Å²) in [6.45, 7) is 1.75. The van der Waals surface area contributed by atoms with E-state index >= 15 is 0 Å². The lowest BCUT2D eigenvalue weighted by Crippen LogP contribution is -2.28. The van der Waals surface area contributed by atoms with E-state index in [-0.39, 0.29) is 29.2 Å². The van der Waals surface area contributed by atoms with E-state index < -0.39 is 24.3 Å². The van der Waals surface area contributed by atoms with Crippen LogP contribution < -0.4 is 10.1 Å². The molecule has 4 rings (SSSR count). The lowest BCUT2D eigenvalue weighted by molar-refractivity contribution is -0.136. The van der Waals surface area contributed by atoms with Gasteiger partial charge in [0.05, 0.1) is 10.9 Å². The summed E-state index contributed by atoms with van der Waals surface area (Å²) in [5, 5.41) is 6.84. The van der Waals surface area contributed by atoms with Crippen LogP contribution in [-0.4, -0.2) is 27.3 Å². The van der Waals surface area contributed by atoms with Gasteiger partial charge in [-0.15, -0.1) is 0 Å². The SMILES string of the molecule is Cc1ccccc1CNC(=O)COc1cc(C(F)(F)F)c2c(-c3ccccc3)nn(C)c2n1. The number of alkyl halides is 3. The molecule has 0 fully saturated rings. The Morgan fingerprint density at radius 2 is 1.79 bits per heavy atom. The first-order valence-corrected chi connectivity index (χ1v) is 10.2. The average Bonchev–Trinajstić information content (AvgIpc) is 3.13. The first-order chi connectivity index (χ1) is 15.7. The van der Waals surface area contributed by atoms with Crippen molar-refractivity contribution in [2.24, 2.45) is 7.05 Å². The van der Waals surface area contributed by atoms with Gasteiger partial charge in [-0.05, 0) is 18.1 Å². The zero-order chi connectivity index (χ0) is 23.6. The summed E-state index contributed by atoms with van der Waals surface area (Å²) in [5.41, 5.74) is 1.77. The number of carbonyl (C=O) groups is 1. The predicted octanol–water partition coefficient (Wildman–Crippen LogP) is 4.66. The molecule has 0 radical (unpaired) electrons. The van der Waals surface area contributed by atoms with Crippen LogP contribution in [0.25, 0.3) is 22.3 Å². The Hall–Kier alpha value is -3.88. The third-order valence-corrected chi connectivity index (χ3v) is 5.21. The largest absolute Gasteiger partial charge is 0.467 e. The minimum Gasteiger partial charge on any atom is -0.467 e. The molecule has 6 nitrogen and oxygen atoms in total. The van der Waals surface area contributed by atoms with Crippen molar-refractivity contribution in [2.75, 3.05) is 6.61 Å². The molecular weight excluding hydrogens is 433 g/mol. The second-order valence-corrected chi connectivity index (χ2v) is 7.53. The molecule has 0 saturated heterocycles. The summed E-state index contributed by atoms with van der Waals surface area (Å²) < 4.78 is 48.5. The fourth-order valence-corrected chi connectivity index (χ4v) is 3.51. The number of hydrogen-bond acceptors (Lipinski definition) is 4. The predicted molar refractivity (Wildman–Crippen MR) is 117 cm³/mol. The van der Waals surface area contributed by atoms with Gasteiger partial charge in [0.2, 0.25) is 5.88 Å². The van der Waals surface area contributed by atoms with Crippen molar-refractivity contribution < 1.29 is 22.7 Å². The molecule has 0 atom stereocenters. The van der Waals surface area contributed by atoms with Crippen LogP contribution in [0.4, 0.5) is 13.2 Å². The number of nitrogens with zero attached hydrogens (tertiary/aromatic N) is 3. The van der Waals surface area contributed by atoms with E-state index in [1.165, 1.54) is 11.7 Å². The Kier molecular flexibility index (Phi) is 6.04. The average molecular weight is 454 g/mol. The van der Waals surface area contributed by atoms with Gasteiger partial charge in [0.1, 0.15) is 5.69 Å². The molecule has 170 valence electrons. The van der Waals surface area contributed by atoms with E-state index in [4.69, 9.17) is 4.74 Å². The third kappa shape index (κ3) is 4.82. The number of fused-ring (bicyclic) bond motifs is 1. The number of hydrogen-bond donors (Lipinski definition) is 1. The Morgan fingerprint density at radius 1 is 1.09 bits per heavy atom. The van der Waals surface area contributed by atoms with E-state index in [9.17, 15) is 18.0 Å². The number of benzene rings is 2. The van der Waals surface area contributed by atoms with Gasteiger partial charge in [0.15, 0.2) is 12.3 Å². The normalized spacial score (nSPS) is 11.5. The van der Waals surface area contributed by atoms with Crippen molar-refractivity contribution in [3.05, 3.63) is 77.4 Å². The standard InChI is InChI=1S/C24H21F3N4O2/c1-15-8-6-7-11-17(15)13-28-19(32)14-33-20-12-18(24(25,26)27)21-22(16-9-4-3-5-10-16)30-31(2)23(21)29-20/h3-12H,13-14H2,1-2H3,(H,28,32). The van der Waals surface area contributed by atoms with Crippen molar-refractivity contribution in [3.8, 4) is 17.1 Å². The van der Waals surface area contributed by atoms with Gasteiger partial charge in [0, 0.05) is 25.2 Å². The third-order valence-electron chi connectivity index (χ3n) is 5.21. The highest BCUT2D eigenvalue weighted by Crippen LogP contribution is 2.40. The Balaban J connectivity index is 1.59. The minimum absolute atomic E-state index is 0.0130. The summed E-state index contributed by atoms with van der Waals surface area (Å²) in [4.78, 5) is 16.4. The van der Waals surface area contributed by atoms with Crippen LogP contribution in [-0.2, 0) is 24.6 Å². The molecule has 0 unspecified atom stereocenters. The number of halogens is 3. The first-order valence-electron chi connectivity index (χ1n) is 10.2. The number of pyridine rings is 1. The lowest BCUT2D eigenvalue weighted by atomic mass is 10.0. The molecule has 33 heavy (non-hydrogen) atoms. The van der Waals surface area contributed by atoms with Crippen molar-refractivity contribution >= 4 is 16.9 Å². The highest BCUT2D eigenvalue weighted by atomic mass is 19.4. The topological polar surface area (TPSA) is 69.0 Å². The number of aromatic nitrogens is 3. The van der Waals surface area contributed by atoms with Gasteiger partial charge in [0.25, 0.3) is 5.91 Å². The van der Waals surface area contributed by atoms with Crippen molar-refractivity contribution in [3.63, 3.8) is 0 Å². The highest BCUT2D eigenvalue weighted by molar-refractivity contribution is 5.94. The van der Waals surface area contributed by atoms with Crippen LogP contribution in [0, 0.1) is 6.92 Å². The molecule has 1 N–H and O–H groups in total. The fraction of sp³-hybridized carbons (Fsp3) is 0.208. The Labute approximate surface area is 188 Å². The van der Waals surface area contributed by atoms with Crippen molar-refractivity contribution in [1.82, 2.24) is 20.1 Å². The zero-order valence-corrected chi connectivity index (χ0v) is 18.0. The van der Waals surface area contributed by atoms with Crippen molar-refractivity contribution in [2.45, 2.75) is 19.6 Å². The van der Waals surface area contributed by atoms with Crippen molar-refractivity contribution in [1.29, 1.82) is 0 Å². The molecule has 2 heterocycles. The molecule has 4 aromatic rings. The van der Waals surface area contributed by atoms with Crippen LogP contribution in [0.2, 0.25) is 0 Å².